The van der Waals surface area contributed by atoms with E-state index in [1.807, 2.05) is 19.1 Å². The smallest absolute Gasteiger partial charge is 0.335 e. The third-order valence-corrected chi connectivity index (χ3v) is 5.54. The third-order valence-electron chi connectivity index (χ3n) is 3.70. The molecule has 0 bridgehead atoms. The highest BCUT2D eigenvalue weighted by Gasteiger charge is 2.32. The molecule has 9 heteroatoms. The fraction of sp³-hybridized carbons (Fsp3) is 0.250. The number of pyridine rings is 1. The van der Waals surface area contributed by atoms with Gasteiger partial charge in [-0.15, -0.1) is 0 Å². The van der Waals surface area contributed by atoms with Crippen LogP contribution in [-0.4, -0.2) is 30.9 Å². The van der Waals surface area contributed by atoms with E-state index in [4.69, 9.17) is 4.74 Å². The summed E-state index contributed by atoms with van der Waals surface area (Å²) in [6.45, 7) is 1.94. The quantitative estimate of drug-likeness (QED) is 0.635. The number of alkyl halides is 2. The predicted molar refractivity (Wildman–Crippen MR) is 94.1 cm³/mol. The second kappa shape index (κ2) is 6.86. The molecule has 0 aliphatic rings. The lowest BCUT2D eigenvalue weighted by Gasteiger charge is -2.18. The van der Waals surface area contributed by atoms with Crippen LogP contribution in [0.15, 0.2) is 47.6 Å². The third kappa shape index (κ3) is 3.61. The highest BCUT2D eigenvalue weighted by atomic mass is 32.2. The highest BCUT2D eigenvalue weighted by Crippen LogP contribution is 2.33. The van der Waals surface area contributed by atoms with E-state index in [-0.39, 0.29) is 4.90 Å². The molecule has 1 aromatic carbocycles. The first-order valence-electron chi connectivity index (χ1n) is 7.33. The molecule has 0 aliphatic heterocycles. The summed E-state index contributed by atoms with van der Waals surface area (Å²) in [5, 5.41) is 4.21. The Morgan fingerprint density at radius 3 is 2.56 bits per heavy atom. The number of rotatable bonds is 5. The van der Waals surface area contributed by atoms with Gasteiger partial charge in [-0.25, -0.2) is 13.7 Å². The van der Waals surface area contributed by atoms with Gasteiger partial charge in [-0.05, 0) is 51.6 Å². The Labute approximate surface area is 148 Å². The van der Waals surface area contributed by atoms with Gasteiger partial charge in [0.05, 0.1) is 5.69 Å². The average molecular weight is 383 g/mol. The minimum absolute atomic E-state index is 0.0498. The molecule has 2 aromatic heterocycles. The van der Waals surface area contributed by atoms with E-state index < -0.39 is 21.9 Å². The van der Waals surface area contributed by atoms with E-state index in [0.717, 1.165) is 16.8 Å². The van der Waals surface area contributed by atoms with E-state index in [2.05, 4.69) is 10.1 Å². The van der Waals surface area contributed by atoms with Gasteiger partial charge in [-0.3, -0.25) is 0 Å². The Hall–Kier alpha value is -1.76. The van der Waals surface area contributed by atoms with Crippen LogP contribution >= 0.6 is 9.24 Å². The van der Waals surface area contributed by atoms with Crippen LogP contribution in [0.4, 0.5) is 8.78 Å². The first kappa shape index (κ1) is 18.0. The number of ether oxygens (including phenoxy) is 1. The fourth-order valence-corrected chi connectivity index (χ4v) is 3.73. The summed E-state index contributed by atoms with van der Waals surface area (Å²) in [4.78, 5) is 0.866. The summed E-state index contributed by atoms with van der Waals surface area (Å²) >= 11 is 0. The minimum atomic E-state index is -3.37. The van der Waals surface area contributed by atoms with Crippen molar-refractivity contribution in [1.29, 1.82) is 0 Å². The minimum Gasteiger partial charge on any atom is -0.370 e. The van der Waals surface area contributed by atoms with Gasteiger partial charge in [0.1, 0.15) is 23.2 Å². The molecule has 3 aromatic rings. The summed E-state index contributed by atoms with van der Waals surface area (Å²) in [6.07, 6.45) is 0.987. The number of nitrogens with zero attached hydrogens (tertiary/aromatic N) is 3. The van der Waals surface area contributed by atoms with Gasteiger partial charge < -0.3 is 4.74 Å². The van der Waals surface area contributed by atoms with Crippen LogP contribution in [0.5, 0.6) is 0 Å². The van der Waals surface area contributed by atoms with E-state index in [1.165, 1.54) is 27.7 Å². The molecule has 25 heavy (non-hydrogen) atoms. The van der Waals surface area contributed by atoms with Crippen molar-refractivity contribution < 1.29 is 17.7 Å². The number of hydrogen-bond acceptors (Lipinski definition) is 4. The molecule has 3 unspecified atom stereocenters. The van der Waals surface area contributed by atoms with Crippen molar-refractivity contribution in [2.45, 2.75) is 22.9 Å². The van der Waals surface area contributed by atoms with Gasteiger partial charge in [0, 0.05) is 12.0 Å². The van der Waals surface area contributed by atoms with Crippen molar-refractivity contribution in [2.75, 3.05) is 7.11 Å². The summed E-state index contributed by atoms with van der Waals surface area (Å²) in [7, 11) is 0.432. The van der Waals surface area contributed by atoms with Crippen molar-refractivity contribution in [3.05, 3.63) is 59.5 Å². The van der Waals surface area contributed by atoms with E-state index in [9.17, 15) is 13.0 Å². The van der Waals surface area contributed by atoms with Crippen LogP contribution in [0.25, 0.3) is 5.65 Å². The van der Waals surface area contributed by atoms with Crippen molar-refractivity contribution >= 4 is 25.7 Å². The number of benzene rings is 1. The maximum Gasteiger partial charge on any atom is 0.335 e. The summed E-state index contributed by atoms with van der Waals surface area (Å²) in [5.41, 5.74) is 3.19. The van der Waals surface area contributed by atoms with Gasteiger partial charge >= 0.3 is 5.00 Å². The maximum atomic E-state index is 13.2. The zero-order valence-corrected chi connectivity index (χ0v) is 15.5. The largest absolute Gasteiger partial charge is 0.370 e. The van der Waals surface area contributed by atoms with Crippen LogP contribution in [0.1, 0.15) is 22.9 Å². The number of fused-ring (bicyclic) bond motifs is 1. The Morgan fingerprint density at radius 2 is 1.96 bits per heavy atom. The van der Waals surface area contributed by atoms with Gasteiger partial charge in [0.2, 0.25) is 0 Å². The first-order chi connectivity index (χ1) is 11.8. The lowest BCUT2D eigenvalue weighted by molar-refractivity contribution is 0.131. The Kier molecular flexibility index (Phi) is 4.95. The SMILES string of the molecule is COC(c1ccc(S(=O)C(F)(F)P)cc1)c1cc(C)cc2ncnn12. The van der Waals surface area contributed by atoms with Crippen LogP contribution in [-0.2, 0) is 15.5 Å². The number of hydrogen-bond donors (Lipinski definition) is 0. The molecule has 0 saturated heterocycles. The van der Waals surface area contributed by atoms with Crippen LogP contribution < -0.4 is 0 Å². The Bertz CT molecular complexity index is 925. The molecule has 2 heterocycles. The molecule has 0 amide bonds. The molecule has 0 aliphatic carbocycles. The molecular weight excluding hydrogens is 367 g/mol. The highest BCUT2D eigenvalue weighted by molar-refractivity contribution is 7.90. The molecule has 0 fully saturated rings. The number of aromatic nitrogens is 3. The zero-order chi connectivity index (χ0) is 18.2. The van der Waals surface area contributed by atoms with Crippen molar-refractivity contribution in [2.24, 2.45) is 0 Å². The molecule has 3 atom stereocenters. The Morgan fingerprint density at radius 1 is 1.28 bits per heavy atom. The second-order valence-corrected chi connectivity index (χ2v) is 8.20. The first-order valence-corrected chi connectivity index (χ1v) is 9.05. The monoisotopic (exact) mass is 383 g/mol. The molecule has 3 rings (SSSR count). The van der Waals surface area contributed by atoms with E-state index in [0.29, 0.717) is 5.65 Å². The molecular formula is C16H16F2N3O2PS. The standard InChI is InChI=1S/C16H16F2N3O2PS/c1-10-7-13(21-14(8-10)19-9-20-21)15(23-2)11-3-5-12(6-4-11)25(22)16(17,18)24/h3-9,15H,24H2,1-2H3. The summed E-state index contributed by atoms with van der Waals surface area (Å²) in [5.74, 6) is 0. The topological polar surface area (TPSA) is 56.5 Å². The van der Waals surface area contributed by atoms with Crippen molar-refractivity contribution in [3.8, 4) is 0 Å². The van der Waals surface area contributed by atoms with Crippen molar-refractivity contribution in [3.63, 3.8) is 0 Å². The predicted octanol–water partition coefficient (Wildman–Crippen LogP) is 3.31. The van der Waals surface area contributed by atoms with Gasteiger partial charge in [0.15, 0.2) is 5.65 Å². The Balaban J connectivity index is 2.01. The number of halogens is 2. The molecule has 132 valence electrons. The van der Waals surface area contributed by atoms with Gasteiger partial charge in [-0.2, -0.15) is 13.9 Å². The fourth-order valence-electron chi connectivity index (χ4n) is 2.63. The average Bonchev–Trinajstić information content (AvgIpc) is 3.03. The van der Waals surface area contributed by atoms with Gasteiger partial charge in [0.25, 0.3) is 0 Å². The van der Waals surface area contributed by atoms with Crippen LogP contribution in [0, 0.1) is 6.92 Å². The lowest BCUT2D eigenvalue weighted by atomic mass is 10.0. The summed E-state index contributed by atoms with van der Waals surface area (Å²) in [6, 6.07) is 9.93. The molecule has 0 spiro atoms. The van der Waals surface area contributed by atoms with Crippen molar-refractivity contribution in [1.82, 2.24) is 14.6 Å². The second-order valence-electron chi connectivity index (χ2n) is 5.50. The zero-order valence-electron chi connectivity index (χ0n) is 13.5. The number of methoxy groups -OCH3 is 1. The normalized spacial score (nSPS) is 14.6. The van der Waals surface area contributed by atoms with E-state index >= 15 is 0 Å². The molecule has 0 N–H and O–H groups in total. The maximum absolute atomic E-state index is 13.2. The van der Waals surface area contributed by atoms with Gasteiger partial charge in [-0.1, -0.05) is 12.1 Å². The van der Waals surface area contributed by atoms with Crippen LogP contribution in [0.3, 0.4) is 0 Å². The number of aryl methyl sites for hydroxylation is 1. The molecule has 5 nitrogen and oxygen atoms in total. The van der Waals surface area contributed by atoms with E-state index in [1.54, 1.807) is 23.8 Å². The summed E-state index contributed by atoms with van der Waals surface area (Å²) < 4.78 is 45.4. The lowest BCUT2D eigenvalue weighted by Crippen LogP contribution is -2.14. The van der Waals surface area contributed by atoms with Crippen LogP contribution in [0.2, 0.25) is 0 Å². The molecule has 0 saturated carbocycles. The molecule has 0 radical (unpaired) electrons.